The molecular weight excluding hydrogens is 258 g/mol. The van der Waals surface area contributed by atoms with E-state index < -0.39 is 0 Å². The highest BCUT2D eigenvalue weighted by Gasteiger charge is 2.45. The molecule has 1 aromatic rings. The molecule has 0 aromatic heterocycles. The zero-order valence-electron chi connectivity index (χ0n) is 13.5. The van der Waals surface area contributed by atoms with Crippen molar-refractivity contribution in [3.63, 3.8) is 0 Å². The van der Waals surface area contributed by atoms with Gasteiger partial charge in [0.25, 0.3) is 0 Å². The molecule has 21 heavy (non-hydrogen) atoms. The zero-order chi connectivity index (χ0) is 14.9. The predicted octanol–water partition coefficient (Wildman–Crippen LogP) is 2.57. The second-order valence-electron chi connectivity index (χ2n) is 7.38. The van der Waals surface area contributed by atoms with Gasteiger partial charge in [0.05, 0.1) is 0 Å². The van der Waals surface area contributed by atoms with Crippen LogP contribution in [-0.2, 0) is 5.41 Å². The lowest BCUT2D eigenvalue weighted by molar-refractivity contribution is 0.152. The van der Waals surface area contributed by atoms with Crippen LogP contribution in [0.15, 0.2) is 24.3 Å². The van der Waals surface area contributed by atoms with Gasteiger partial charge in [0.1, 0.15) is 0 Å². The van der Waals surface area contributed by atoms with Gasteiger partial charge in [-0.05, 0) is 76.5 Å². The van der Waals surface area contributed by atoms with Crippen LogP contribution in [0, 0.1) is 5.92 Å². The molecule has 116 valence electrons. The minimum absolute atomic E-state index is 0.433. The van der Waals surface area contributed by atoms with E-state index >= 15 is 0 Å². The van der Waals surface area contributed by atoms with Crippen molar-refractivity contribution in [1.29, 1.82) is 0 Å². The van der Waals surface area contributed by atoms with Crippen LogP contribution in [0.3, 0.4) is 0 Å². The third-order valence-corrected chi connectivity index (χ3v) is 5.23. The number of likely N-dealkylation sites (tertiary alicyclic amines) is 1. The zero-order valence-corrected chi connectivity index (χ0v) is 13.5. The lowest BCUT2D eigenvalue weighted by atomic mass is 9.92. The molecule has 1 aliphatic heterocycles. The van der Waals surface area contributed by atoms with Crippen LogP contribution in [0.25, 0.3) is 0 Å². The Morgan fingerprint density at radius 1 is 1.14 bits per heavy atom. The lowest BCUT2D eigenvalue weighted by Crippen LogP contribution is -2.40. The van der Waals surface area contributed by atoms with E-state index in [0.29, 0.717) is 5.41 Å². The number of nitrogens with zero attached hydrogens (tertiary/aromatic N) is 2. The SMILES string of the molecule is CN(C)CC1CCN(CC2(c3ccc(N)cc3)CC2)CC1. The van der Waals surface area contributed by atoms with Crippen molar-refractivity contribution in [2.45, 2.75) is 31.1 Å². The van der Waals surface area contributed by atoms with Crippen molar-refractivity contribution in [3.05, 3.63) is 29.8 Å². The molecule has 2 fully saturated rings. The van der Waals surface area contributed by atoms with Crippen LogP contribution in [-0.4, -0.2) is 50.1 Å². The van der Waals surface area contributed by atoms with Crippen LogP contribution in [0.2, 0.25) is 0 Å². The average Bonchev–Trinajstić information content (AvgIpc) is 3.22. The molecule has 0 bridgehead atoms. The van der Waals surface area contributed by atoms with Gasteiger partial charge in [-0.15, -0.1) is 0 Å². The van der Waals surface area contributed by atoms with Gasteiger partial charge in [0, 0.05) is 24.2 Å². The van der Waals surface area contributed by atoms with E-state index in [1.807, 2.05) is 0 Å². The summed E-state index contributed by atoms with van der Waals surface area (Å²) >= 11 is 0. The third kappa shape index (κ3) is 3.58. The standard InChI is InChI=1S/C18H29N3/c1-20(2)13-15-7-11-21(12-8-15)14-18(9-10-18)16-3-5-17(19)6-4-16/h3-6,15H,7-14,19H2,1-2H3. The van der Waals surface area contributed by atoms with Crippen molar-refractivity contribution in [2.24, 2.45) is 5.92 Å². The molecular formula is C18H29N3. The van der Waals surface area contributed by atoms with Crippen molar-refractivity contribution < 1.29 is 0 Å². The summed E-state index contributed by atoms with van der Waals surface area (Å²) in [5, 5.41) is 0. The van der Waals surface area contributed by atoms with Gasteiger partial charge in [-0.25, -0.2) is 0 Å². The molecule has 1 saturated carbocycles. The molecule has 3 rings (SSSR count). The number of piperidine rings is 1. The van der Waals surface area contributed by atoms with Gasteiger partial charge in [-0.2, -0.15) is 0 Å². The topological polar surface area (TPSA) is 32.5 Å². The first-order chi connectivity index (χ1) is 10.1. The van der Waals surface area contributed by atoms with Crippen molar-refractivity contribution in [1.82, 2.24) is 9.80 Å². The smallest absolute Gasteiger partial charge is 0.0314 e. The summed E-state index contributed by atoms with van der Waals surface area (Å²) in [5.41, 5.74) is 8.61. The van der Waals surface area contributed by atoms with Gasteiger partial charge in [0.15, 0.2) is 0 Å². The fourth-order valence-corrected chi connectivity index (χ4v) is 3.80. The molecule has 1 aromatic carbocycles. The van der Waals surface area contributed by atoms with E-state index in [1.165, 1.54) is 57.4 Å². The molecule has 1 heterocycles. The normalized spacial score (nSPS) is 22.6. The molecule has 0 spiro atoms. The Labute approximate surface area is 129 Å². The van der Waals surface area contributed by atoms with Gasteiger partial charge in [-0.3, -0.25) is 0 Å². The molecule has 1 saturated heterocycles. The molecule has 2 aliphatic rings. The first kappa shape index (κ1) is 14.9. The van der Waals surface area contributed by atoms with E-state index in [4.69, 9.17) is 5.73 Å². The van der Waals surface area contributed by atoms with E-state index in [9.17, 15) is 0 Å². The Morgan fingerprint density at radius 3 is 2.29 bits per heavy atom. The van der Waals surface area contributed by atoms with Crippen LogP contribution < -0.4 is 5.73 Å². The molecule has 2 N–H and O–H groups in total. The van der Waals surface area contributed by atoms with Gasteiger partial charge in [0.2, 0.25) is 0 Å². The summed E-state index contributed by atoms with van der Waals surface area (Å²) in [4.78, 5) is 5.02. The maximum atomic E-state index is 5.82. The minimum atomic E-state index is 0.433. The monoisotopic (exact) mass is 287 g/mol. The fourth-order valence-electron chi connectivity index (χ4n) is 3.80. The van der Waals surface area contributed by atoms with Crippen LogP contribution in [0.1, 0.15) is 31.2 Å². The summed E-state index contributed by atoms with van der Waals surface area (Å²) in [6.07, 6.45) is 5.40. The Hall–Kier alpha value is -1.06. The van der Waals surface area contributed by atoms with Crippen LogP contribution in [0.4, 0.5) is 5.69 Å². The summed E-state index contributed by atoms with van der Waals surface area (Å²) in [6.45, 7) is 5.03. The Kier molecular flexibility index (Phi) is 4.23. The van der Waals surface area contributed by atoms with E-state index in [0.717, 1.165) is 11.6 Å². The number of nitrogen functional groups attached to an aromatic ring is 1. The number of nitrogens with two attached hydrogens (primary N) is 1. The van der Waals surface area contributed by atoms with Crippen molar-refractivity contribution >= 4 is 5.69 Å². The molecule has 0 atom stereocenters. The first-order valence-electron chi connectivity index (χ1n) is 8.30. The van der Waals surface area contributed by atoms with Crippen LogP contribution in [0.5, 0.6) is 0 Å². The predicted molar refractivity (Wildman–Crippen MR) is 89.5 cm³/mol. The van der Waals surface area contributed by atoms with Crippen molar-refractivity contribution in [2.75, 3.05) is 46.0 Å². The Morgan fingerprint density at radius 2 is 1.76 bits per heavy atom. The summed E-state index contributed by atoms with van der Waals surface area (Å²) in [5.74, 6) is 0.892. The quantitative estimate of drug-likeness (QED) is 0.845. The highest BCUT2D eigenvalue weighted by molar-refractivity contribution is 5.43. The summed E-state index contributed by atoms with van der Waals surface area (Å²) in [6, 6.07) is 8.58. The highest BCUT2D eigenvalue weighted by Crippen LogP contribution is 2.49. The maximum absolute atomic E-state index is 5.82. The van der Waals surface area contributed by atoms with E-state index in [2.05, 4.69) is 48.2 Å². The van der Waals surface area contributed by atoms with Gasteiger partial charge in [-0.1, -0.05) is 12.1 Å². The fraction of sp³-hybridized carbons (Fsp3) is 0.667. The second kappa shape index (κ2) is 5.98. The lowest BCUT2D eigenvalue weighted by Gasteiger charge is -2.35. The molecule has 0 amide bonds. The number of hydrogen-bond donors (Lipinski definition) is 1. The third-order valence-electron chi connectivity index (χ3n) is 5.23. The Balaban J connectivity index is 1.54. The first-order valence-corrected chi connectivity index (χ1v) is 8.30. The second-order valence-corrected chi connectivity index (χ2v) is 7.38. The molecule has 1 aliphatic carbocycles. The van der Waals surface area contributed by atoms with Crippen molar-refractivity contribution in [3.8, 4) is 0 Å². The molecule has 3 heteroatoms. The summed E-state index contributed by atoms with van der Waals surface area (Å²) in [7, 11) is 4.37. The molecule has 3 nitrogen and oxygen atoms in total. The van der Waals surface area contributed by atoms with E-state index in [1.54, 1.807) is 0 Å². The average molecular weight is 287 g/mol. The number of hydrogen-bond acceptors (Lipinski definition) is 3. The maximum Gasteiger partial charge on any atom is 0.0314 e. The highest BCUT2D eigenvalue weighted by atomic mass is 15.1. The molecule has 0 unspecified atom stereocenters. The van der Waals surface area contributed by atoms with Gasteiger partial charge < -0.3 is 15.5 Å². The number of rotatable bonds is 5. The number of benzene rings is 1. The minimum Gasteiger partial charge on any atom is -0.399 e. The van der Waals surface area contributed by atoms with E-state index in [-0.39, 0.29) is 0 Å². The summed E-state index contributed by atoms with van der Waals surface area (Å²) < 4.78 is 0. The largest absolute Gasteiger partial charge is 0.399 e. The number of anilines is 1. The van der Waals surface area contributed by atoms with Gasteiger partial charge >= 0.3 is 0 Å². The Bertz CT molecular complexity index is 454. The molecule has 0 radical (unpaired) electrons. The van der Waals surface area contributed by atoms with Crippen LogP contribution >= 0.6 is 0 Å².